The molecule has 0 saturated heterocycles. The molecule has 104 valence electrons. The Labute approximate surface area is 117 Å². The van der Waals surface area contributed by atoms with Gasteiger partial charge < -0.3 is 10.2 Å². The van der Waals surface area contributed by atoms with Gasteiger partial charge in [0, 0.05) is 25.3 Å². The Morgan fingerprint density at radius 2 is 2.05 bits per heavy atom. The number of benzene rings is 1. The van der Waals surface area contributed by atoms with Gasteiger partial charge in [-0.1, -0.05) is 31.9 Å². The molecule has 3 rings (SSSR count). The van der Waals surface area contributed by atoms with Crippen LogP contribution in [0.2, 0.25) is 0 Å². The minimum Gasteiger partial charge on any atom is -0.371 e. The van der Waals surface area contributed by atoms with Gasteiger partial charge in [0.05, 0.1) is 0 Å². The average molecular weight is 258 g/mol. The monoisotopic (exact) mass is 258 g/mol. The van der Waals surface area contributed by atoms with Crippen molar-refractivity contribution >= 4 is 5.69 Å². The van der Waals surface area contributed by atoms with E-state index in [9.17, 15) is 0 Å². The van der Waals surface area contributed by atoms with Crippen molar-refractivity contribution in [1.82, 2.24) is 5.32 Å². The second-order valence-electron chi connectivity index (χ2n) is 6.28. The summed E-state index contributed by atoms with van der Waals surface area (Å²) in [7, 11) is 2.30. The zero-order valence-electron chi connectivity index (χ0n) is 12.3. The molecule has 2 nitrogen and oxygen atoms in total. The smallest absolute Gasteiger partial charge is 0.0414 e. The van der Waals surface area contributed by atoms with Crippen molar-refractivity contribution in [3.8, 4) is 0 Å². The molecule has 2 unspecified atom stereocenters. The van der Waals surface area contributed by atoms with E-state index in [1.807, 2.05) is 0 Å². The topological polar surface area (TPSA) is 15.3 Å². The van der Waals surface area contributed by atoms with Gasteiger partial charge in [0.1, 0.15) is 0 Å². The molecule has 1 heterocycles. The van der Waals surface area contributed by atoms with Gasteiger partial charge >= 0.3 is 0 Å². The third kappa shape index (κ3) is 2.51. The number of hydrogen-bond acceptors (Lipinski definition) is 2. The van der Waals surface area contributed by atoms with Crippen LogP contribution in [-0.4, -0.2) is 19.6 Å². The summed E-state index contributed by atoms with van der Waals surface area (Å²) in [5, 5.41) is 3.52. The Morgan fingerprint density at radius 3 is 2.89 bits per heavy atom. The molecular formula is C17H26N2. The molecule has 2 heteroatoms. The number of nitrogens with one attached hydrogen (secondary N) is 1. The highest BCUT2D eigenvalue weighted by Crippen LogP contribution is 2.33. The summed E-state index contributed by atoms with van der Waals surface area (Å²) in [4.78, 5) is 2.57. The minimum absolute atomic E-state index is 0.724. The summed E-state index contributed by atoms with van der Waals surface area (Å²) in [6.45, 7) is 4.59. The first kappa shape index (κ1) is 13.0. The molecule has 0 radical (unpaired) electrons. The Hall–Kier alpha value is -1.02. The highest BCUT2D eigenvalue weighted by atomic mass is 15.1. The Bertz CT molecular complexity index is 441. The van der Waals surface area contributed by atoms with Crippen molar-refractivity contribution in [3.05, 3.63) is 29.3 Å². The molecule has 0 spiro atoms. The first-order valence-electron chi connectivity index (χ1n) is 7.81. The van der Waals surface area contributed by atoms with Crippen molar-refractivity contribution in [2.75, 3.05) is 18.5 Å². The summed E-state index contributed by atoms with van der Waals surface area (Å²) in [5.74, 6) is 0.825. The predicted molar refractivity (Wildman–Crippen MR) is 81.7 cm³/mol. The molecule has 0 bridgehead atoms. The lowest BCUT2D eigenvalue weighted by atomic mass is 9.84. The molecule has 19 heavy (non-hydrogen) atoms. The molecule has 1 aromatic carbocycles. The minimum atomic E-state index is 0.724. The van der Waals surface area contributed by atoms with Crippen LogP contribution in [0.4, 0.5) is 5.69 Å². The Kier molecular flexibility index (Phi) is 3.79. The van der Waals surface area contributed by atoms with E-state index in [1.54, 1.807) is 5.56 Å². The fourth-order valence-electron chi connectivity index (χ4n) is 3.88. The van der Waals surface area contributed by atoms with E-state index in [0.717, 1.165) is 25.0 Å². The van der Waals surface area contributed by atoms with Crippen molar-refractivity contribution < 1.29 is 0 Å². The van der Waals surface area contributed by atoms with Crippen LogP contribution >= 0.6 is 0 Å². The third-order valence-electron chi connectivity index (χ3n) is 5.06. The van der Waals surface area contributed by atoms with Crippen LogP contribution in [0.3, 0.4) is 0 Å². The fourth-order valence-corrected chi connectivity index (χ4v) is 3.88. The predicted octanol–water partition coefficient (Wildman–Crippen LogP) is 3.35. The molecule has 2 aliphatic rings. The van der Waals surface area contributed by atoms with Gasteiger partial charge in [0.25, 0.3) is 0 Å². The number of rotatable bonds is 2. The maximum absolute atomic E-state index is 3.52. The van der Waals surface area contributed by atoms with Crippen LogP contribution in [0.15, 0.2) is 18.2 Å². The number of nitrogens with zero attached hydrogens (tertiary/aromatic N) is 1. The van der Waals surface area contributed by atoms with Gasteiger partial charge in [-0.25, -0.2) is 0 Å². The molecule has 1 saturated carbocycles. The van der Waals surface area contributed by atoms with E-state index in [0.29, 0.717) is 0 Å². The van der Waals surface area contributed by atoms with Crippen molar-refractivity contribution in [2.24, 2.45) is 5.92 Å². The quantitative estimate of drug-likeness (QED) is 0.875. The summed E-state index contributed by atoms with van der Waals surface area (Å²) in [6.07, 6.45) is 6.74. The lowest BCUT2D eigenvalue weighted by Gasteiger charge is -2.39. The molecule has 0 aromatic heterocycles. The van der Waals surface area contributed by atoms with Crippen molar-refractivity contribution in [3.63, 3.8) is 0 Å². The molecule has 1 fully saturated rings. The van der Waals surface area contributed by atoms with Crippen LogP contribution in [0.5, 0.6) is 0 Å². The zero-order valence-corrected chi connectivity index (χ0v) is 12.3. The second-order valence-corrected chi connectivity index (χ2v) is 6.28. The molecule has 0 amide bonds. The van der Waals surface area contributed by atoms with E-state index in [1.165, 1.54) is 43.4 Å². The van der Waals surface area contributed by atoms with E-state index in [2.05, 4.69) is 42.4 Å². The third-order valence-corrected chi connectivity index (χ3v) is 5.06. The Morgan fingerprint density at radius 1 is 1.21 bits per heavy atom. The van der Waals surface area contributed by atoms with E-state index >= 15 is 0 Å². The van der Waals surface area contributed by atoms with Gasteiger partial charge in [-0.15, -0.1) is 0 Å². The molecular weight excluding hydrogens is 232 g/mol. The van der Waals surface area contributed by atoms with Gasteiger partial charge in [-0.3, -0.25) is 0 Å². The van der Waals surface area contributed by atoms with Crippen LogP contribution in [0, 0.1) is 5.92 Å². The second kappa shape index (κ2) is 5.54. The van der Waals surface area contributed by atoms with Crippen LogP contribution in [0.1, 0.15) is 43.7 Å². The molecule has 1 aliphatic carbocycles. The van der Waals surface area contributed by atoms with Gasteiger partial charge in [0.15, 0.2) is 0 Å². The van der Waals surface area contributed by atoms with Gasteiger partial charge in [0.2, 0.25) is 0 Å². The summed E-state index contributed by atoms with van der Waals surface area (Å²) in [5.41, 5.74) is 4.55. The average Bonchev–Trinajstić information content (AvgIpc) is 2.46. The Balaban J connectivity index is 1.88. The number of fused-ring (bicyclic) bond motifs is 1. The zero-order chi connectivity index (χ0) is 13.2. The van der Waals surface area contributed by atoms with E-state index < -0.39 is 0 Å². The SMILES string of the molecule is CC1CCCCC1N(C)c1cccc2c1CNCC2. The van der Waals surface area contributed by atoms with Gasteiger partial charge in [-0.05, 0) is 48.9 Å². The molecule has 2 atom stereocenters. The first-order valence-corrected chi connectivity index (χ1v) is 7.81. The van der Waals surface area contributed by atoms with E-state index in [4.69, 9.17) is 0 Å². The normalized spacial score (nSPS) is 26.8. The number of anilines is 1. The number of hydrogen-bond donors (Lipinski definition) is 1. The van der Waals surface area contributed by atoms with Crippen molar-refractivity contribution in [2.45, 2.75) is 51.6 Å². The highest BCUT2D eigenvalue weighted by molar-refractivity contribution is 5.58. The largest absolute Gasteiger partial charge is 0.371 e. The maximum Gasteiger partial charge on any atom is 0.0414 e. The highest BCUT2D eigenvalue weighted by Gasteiger charge is 2.27. The molecule has 1 aromatic rings. The summed E-state index contributed by atoms with van der Waals surface area (Å²) < 4.78 is 0. The standard InChI is InChI=1S/C17H26N2/c1-13-6-3-4-8-16(13)19(2)17-9-5-7-14-10-11-18-12-15(14)17/h5,7,9,13,16,18H,3-4,6,8,10-12H2,1-2H3. The van der Waals surface area contributed by atoms with Gasteiger partial charge in [-0.2, -0.15) is 0 Å². The maximum atomic E-state index is 3.52. The fraction of sp³-hybridized carbons (Fsp3) is 0.647. The van der Waals surface area contributed by atoms with E-state index in [-0.39, 0.29) is 0 Å². The summed E-state index contributed by atoms with van der Waals surface area (Å²) >= 11 is 0. The lowest BCUT2D eigenvalue weighted by molar-refractivity contribution is 0.321. The lowest BCUT2D eigenvalue weighted by Crippen LogP contribution is -2.40. The first-order chi connectivity index (χ1) is 9.27. The van der Waals surface area contributed by atoms with Crippen LogP contribution < -0.4 is 10.2 Å². The summed E-state index contributed by atoms with van der Waals surface area (Å²) in [6, 6.07) is 7.58. The molecule has 1 aliphatic heterocycles. The van der Waals surface area contributed by atoms with Crippen molar-refractivity contribution in [1.29, 1.82) is 0 Å². The molecule has 1 N–H and O–H groups in total. The van der Waals surface area contributed by atoms with Crippen LogP contribution in [-0.2, 0) is 13.0 Å². The van der Waals surface area contributed by atoms with Crippen LogP contribution in [0.25, 0.3) is 0 Å².